The monoisotopic (exact) mass is 415 g/mol. The number of thioether (sulfide) groups is 1. The summed E-state index contributed by atoms with van der Waals surface area (Å²) in [5, 5.41) is 15.5. The van der Waals surface area contributed by atoms with E-state index in [0.717, 1.165) is 22.1 Å². The van der Waals surface area contributed by atoms with Crippen molar-refractivity contribution >= 4 is 68.7 Å². The molecule has 0 radical (unpaired) electrons. The first-order chi connectivity index (χ1) is 11.6. The van der Waals surface area contributed by atoms with Gasteiger partial charge in [-0.05, 0) is 29.6 Å². The standard InChI is InChI=1S/C15H11Cl2N3OS3/c16-9-3-4-10(17)12(8-9)23-7-5-13-19-20-15(24-13)18-14(21)11-2-1-6-22-11/h1-4,6,8H,5,7H2,(H,18,20,21). The number of aryl methyl sites for hydroxylation is 1. The summed E-state index contributed by atoms with van der Waals surface area (Å²) in [5.41, 5.74) is 0. The van der Waals surface area contributed by atoms with Crippen LogP contribution in [0.15, 0.2) is 40.6 Å². The minimum Gasteiger partial charge on any atom is -0.296 e. The molecule has 0 saturated heterocycles. The number of halogens is 2. The maximum Gasteiger partial charge on any atom is 0.267 e. The van der Waals surface area contributed by atoms with E-state index in [2.05, 4.69) is 15.5 Å². The van der Waals surface area contributed by atoms with Crippen LogP contribution < -0.4 is 5.32 Å². The first-order valence-electron chi connectivity index (χ1n) is 6.87. The minimum absolute atomic E-state index is 0.159. The molecule has 0 aliphatic rings. The molecule has 1 aromatic carbocycles. The highest BCUT2D eigenvalue weighted by atomic mass is 35.5. The third-order valence-electron chi connectivity index (χ3n) is 2.90. The summed E-state index contributed by atoms with van der Waals surface area (Å²) >= 11 is 16.5. The molecule has 124 valence electrons. The summed E-state index contributed by atoms with van der Waals surface area (Å²) in [6, 6.07) is 9.01. The van der Waals surface area contributed by atoms with Gasteiger partial charge in [-0.2, -0.15) is 0 Å². The van der Waals surface area contributed by atoms with Gasteiger partial charge in [0.1, 0.15) is 5.01 Å². The van der Waals surface area contributed by atoms with Crippen molar-refractivity contribution in [3.05, 3.63) is 55.6 Å². The number of rotatable bonds is 6. The third kappa shape index (κ3) is 4.70. The number of hydrogen-bond acceptors (Lipinski definition) is 6. The van der Waals surface area contributed by atoms with Gasteiger partial charge >= 0.3 is 0 Å². The summed E-state index contributed by atoms with van der Waals surface area (Å²) in [6.07, 6.45) is 0.736. The topological polar surface area (TPSA) is 54.9 Å². The minimum atomic E-state index is -0.159. The summed E-state index contributed by atoms with van der Waals surface area (Å²) < 4.78 is 0. The molecule has 4 nitrogen and oxygen atoms in total. The molecule has 0 bridgehead atoms. The second kappa shape index (κ2) is 8.31. The van der Waals surface area contributed by atoms with Crippen LogP contribution in [0, 0.1) is 0 Å². The van der Waals surface area contributed by atoms with Crippen LogP contribution in [0.25, 0.3) is 0 Å². The molecule has 0 aliphatic heterocycles. The molecule has 0 aliphatic carbocycles. The van der Waals surface area contributed by atoms with E-state index < -0.39 is 0 Å². The number of benzene rings is 1. The number of carbonyl (C=O) groups is 1. The Kier molecular flexibility index (Phi) is 6.13. The summed E-state index contributed by atoms with van der Waals surface area (Å²) in [5.74, 6) is 0.640. The first-order valence-corrected chi connectivity index (χ1v) is 10.3. The van der Waals surface area contributed by atoms with E-state index in [0.29, 0.717) is 20.1 Å². The molecule has 0 spiro atoms. The van der Waals surface area contributed by atoms with Gasteiger partial charge in [-0.1, -0.05) is 40.6 Å². The Morgan fingerprint density at radius 2 is 2.12 bits per heavy atom. The van der Waals surface area contributed by atoms with Crippen molar-refractivity contribution < 1.29 is 4.79 Å². The van der Waals surface area contributed by atoms with Gasteiger partial charge in [-0.15, -0.1) is 33.3 Å². The second-order valence-corrected chi connectivity index (χ2v) is 8.60. The number of hydrogen-bond donors (Lipinski definition) is 1. The van der Waals surface area contributed by atoms with E-state index in [9.17, 15) is 4.79 Å². The Bertz CT molecular complexity index is 836. The van der Waals surface area contributed by atoms with Gasteiger partial charge in [-0.25, -0.2) is 0 Å². The van der Waals surface area contributed by atoms with Gasteiger partial charge < -0.3 is 0 Å². The van der Waals surface area contributed by atoms with Crippen LogP contribution in [0.2, 0.25) is 10.0 Å². The van der Waals surface area contributed by atoms with E-state index >= 15 is 0 Å². The molecule has 0 atom stereocenters. The fraction of sp³-hybridized carbons (Fsp3) is 0.133. The number of carbonyl (C=O) groups excluding carboxylic acids is 1. The van der Waals surface area contributed by atoms with Crippen LogP contribution in [0.1, 0.15) is 14.7 Å². The summed E-state index contributed by atoms with van der Waals surface area (Å²) in [6.45, 7) is 0. The lowest BCUT2D eigenvalue weighted by molar-refractivity contribution is 0.103. The maximum atomic E-state index is 12.0. The molecule has 3 aromatic rings. The van der Waals surface area contributed by atoms with Crippen LogP contribution >= 0.6 is 57.6 Å². The summed E-state index contributed by atoms with van der Waals surface area (Å²) in [7, 11) is 0. The lowest BCUT2D eigenvalue weighted by atomic mass is 10.4. The molecule has 0 unspecified atom stereocenters. The number of anilines is 1. The van der Waals surface area contributed by atoms with Gasteiger partial charge in [0.25, 0.3) is 5.91 Å². The zero-order valence-electron chi connectivity index (χ0n) is 12.2. The molecule has 1 amide bonds. The normalized spacial score (nSPS) is 10.8. The van der Waals surface area contributed by atoms with Gasteiger partial charge in [0, 0.05) is 22.1 Å². The van der Waals surface area contributed by atoms with Crippen molar-refractivity contribution in [1.82, 2.24) is 10.2 Å². The maximum absolute atomic E-state index is 12.0. The number of amides is 1. The average Bonchev–Trinajstić information content (AvgIpc) is 3.22. The molecular formula is C15H11Cl2N3OS3. The van der Waals surface area contributed by atoms with E-state index in [4.69, 9.17) is 23.2 Å². The number of aromatic nitrogens is 2. The van der Waals surface area contributed by atoms with Gasteiger partial charge in [0.15, 0.2) is 0 Å². The molecule has 24 heavy (non-hydrogen) atoms. The van der Waals surface area contributed by atoms with Crippen molar-refractivity contribution in [2.24, 2.45) is 0 Å². The predicted molar refractivity (Wildman–Crippen MR) is 103 cm³/mol. The molecule has 2 aromatic heterocycles. The van der Waals surface area contributed by atoms with E-state index in [1.54, 1.807) is 30.0 Å². The van der Waals surface area contributed by atoms with Crippen LogP contribution in [0.4, 0.5) is 5.13 Å². The largest absolute Gasteiger partial charge is 0.296 e. The highest BCUT2D eigenvalue weighted by molar-refractivity contribution is 7.99. The van der Waals surface area contributed by atoms with Crippen molar-refractivity contribution in [2.75, 3.05) is 11.1 Å². The number of nitrogens with one attached hydrogen (secondary N) is 1. The third-order valence-corrected chi connectivity index (χ3v) is 6.40. The van der Waals surface area contributed by atoms with Crippen molar-refractivity contribution in [2.45, 2.75) is 11.3 Å². The Balaban J connectivity index is 1.53. The molecule has 9 heteroatoms. The van der Waals surface area contributed by atoms with Gasteiger partial charge in [0.05, 0.1) is 9.90 Å². The Morgan fingerprint density at radius 3 is 2.92 bits per heavy atom. The molecule has 0 saturated carbocycles. The van der Waals surface area contributed by atoms with E-state index in [-0.39, 0.29) is 5.91 Å². The van der Waals surface area contributed by atoms with Crippen LogP contribution in [0.5, 0.6) is 0 Å². The fourth-order valence-electron chi connectivity index (χ4n) is 1.81. The Hall–Kier alpha value is -1.12. The smallest absolute Gasteiger partial charge is 0.267 e. The van der Waals surface area contributed by atoms with Crippen LogP contribution in [0.3, 0.4) is 0 Å². The summed E-state index contributed by atoms with van der Waals surface area (Å²) in [4.78, 5) is 13.6. The number of nitrogens with zero attached hydrogens (tertiary/aromatic N) is 2. The Morgan fingerprint density at radius 1 is 1.25 bits per heavy atom. The zero-order valence-corrected chi connectivity index (χ0v) is 16.1. The van der Waals surface area contributed by atoms with Crippen molar-refractivity contribution in [3.63, 3.8) is 0 Å². The average molecular weight is 416 g/mol. The molecule has 3 rings (SSSR count). The SMILES string of the molecule is O=C(Nc1nnc(CCSc2cc(Cl)ccc2Cl)s1)c1cccs1. The molecule has 0 fully saturated rings. The van der Waals surface area contributed by atoms with Crippen molar-refractivity contribution in [3.8, 4) is 0 Å². The molecule has 2 heterocycles. The van der Waals surface area contributed by atoms with Crippen molar-refractivity contribution in [1.29, 1.82) is 0 Å². The second-order valence-electron chi connectivity index (χ2n) is 4.61. The zero-order chi connectivity index (χ0) is 16.9. The lowest BCUT2D eigenvalue weighted by Crippen LogP contribution is -2.09. The van der Waals surface area contributed by atoms with Gasteiger partial charge in [-0.3, -0.25) is 10.1 Å². The van der Waals surface area contributed by atoms with E-state index in [1.165, 1.54) is 22.7 Å². The predicted octanol–water partition coefficient (Wildman–Crippen LogP) is 5.49. The highest BCUT2D eigenvalue weighted by Gasteiger charge is 2.11. The first kappa shape index (κ1) is 17.7. The fourth-order valence-corrected chi connectivity index (χ4v) is 4.74. The number of thiophene rings is 1. The van der Waals surface area contributed by atoms with Crippen LogP contribution in [-0.4, -0.2) is 21.9 Å². The van der Waals surface area contributed by atoms with Crippen LogP contribution in [-0.2, 0) is 6.42 Å². The quantitative estimate of drug-likeness (QED) is 0.540. The molecular weight excluding hydrogens is 405 g/mol. The van der Waals surface area contributed by atoms with Gasteiger partial charge in [0.2, 0.25) is 5.13 Å². The highest BCUT2D eigenvalue weighted by Crippen LogP contribution is 2.30. The van der Waals surface area contributed by atoms with E-state index in [1.807, 2.05) is 17.5 Å². The molecule has 1 N–H and O–H groups in total. The Labute approximate surface area is 161 Å². The lowest BCUT2D eigenvalue weighted by Gasteiger charge is -2.03.